The number of rotatable bonds is 3. The Labute approximate surface area is 112 Å². The summed E-state index contributed by atoms with van der Waals surface area (Å²) in [7, 11) is 0. The summed E-state index contributed by atoms with van der Waals surface area (Å²) in [4.78, 5) is 48.3. The van der Waals surface area contributed by atoms with Crippen molar-refractivity contribution in [2.45, 2.75) is 12.8 Å². The van der Waals surface area contributed by atoms with Crippen LogP contribution in [0.3, 0.4) is 0 Å². The second-order valence-corrected chi connectivity index (χ2v) is 5.91. The standard InChI is InChI=1S/C10H12N2O4S2/c13-7-1-5-17-9(15)11(7)3-4-12-8(14)2-6-18-10(12)16/h1-6H2. The lowest BCUT2D eigenvalue weighted by molar-refractivity contribution is -0.130. The molecule has 2 saturated heterocycles. The zero-order valence-electron chi connectivity index (χ0n) is 9.59. The number of imide groups is 2. The van der Waals surface area contributed by atoms with Gasteiger partial charge in [0.25, 0.3) is 10.5 Å². The SMILES string of the molecule is O=C1CCSC(=O)N1CCN1C(=O)CCSC1=O. The highest BCUT2D eigenvalue weighted by atomic mass is 32.2. The van der Waals surface area contributed by atoms with Crippen LogP contribution in [0.25, 0.3) is 0 Å². The van der Waals surface area contributed by atoms with Gasteiger partial charge in [-0.05, 0) is 0 Å². The maximum Gasteiger partial charge on any atom is 0.288 e. The van der Waals surface area contributed by atoms with E-state index in [4.69, 9.17) is 0 Å². The summed E-state index contributed by atoms with van der Waals surface area (Å²) >= 11 is 2.18. The number of amides is 4. The quantitative estimate of drug-likeness (QED) is 0.775. The minimum atomic E-state index is -0.296. The molecule has 2 rings (SSSR count). The zero-order chi connectivity index (χ0) is 13.1. The van der Waals surface area contributed by atoms with Crippen LogP contribution in [0.5, 0.6) is 0 Å². The summed E-state index contributed by atoms with van der Waals surface area (Å²) < 4.78 is 0. The third-order valence-corrected chi connectivity index (χ3v) is 4.42. The molecule has 2 aliphatic rings. The number of carbonyl (C=O) groups excluding carboxylic acids is 4. The van der Waals surface area contributed by atoms with E-state index in [0.29, 0.717) is 24.3 Å². The average molecular weight is 288 g/mol. The Morgan fingerprint density at radius 2 is 1.17 bits per heavy atom. The van der Waals surface area contributed by atoms with Gasteiger partial charge in [-0.1, -0.05) is 23.5 Å². The molecule has 0 aromatic heterocycles. The number of nitrogens with zero attached hydrogens (tertiary/aromatic N) is 2. The summed E-state index contributed by atoms with van der Waals surface area (Å²) in [6.07, 6.45) is 0.653. The van der Waals surface area contributed by atoms with E-state index in [2.05, 4.69) is 0 Å². The molecule has 0 aromatic carbocycles. The van der Waals surface area contributed by atoms with Crippen molar-refractivity contribution < 1.29 is 19.2 Å². The van der Waals surface area contributed by atoms with Gasteiger partial charge >= 0.3 is 0 Å². The normalized spacial score (nSPS) is 21.8. The number of hydrogen-bond acceptors (Lipinski definition) is 6. The first-order valence-corrected chi connectivity index (χ1v) is 7.51. The summed E-state index contributed by atoms with van der Waals surface area (Å²) in [6, 6.07) is 0. The Morgan fingerprint density at radius 1 is 0.778 bits per heavy atom. The van der Waals surface area contributed by atoms with Crippen molar-refractivity contribution in [3.05, 3.63) is 0 Å². The van der Waals surface area contributed by atoms with E-state index in [1.165, 1.54) is 0 Å². The third kappa shape index (κ3) is 2.86. The molecule has 8 heteroatoms. The largest absolute Gasteiger partial charge is 0.288 e. The van der Waals surface area contributed by atoms with Gasteiger partial charge in [0.15, 0.2) is 0 Å². The highest BCUT2D eigenvalue weighted by Crippen LogP contribution is 2.20. The molecule has 4 amide bonds. The van der Waals surface area contributed by atoms with Gasteiger partial charge in [0.1, 0.15) is 0 Å². The van der Waals surface area contributed by atoms with E-state index in [9.17, 15) is 19.2 Å². The van der Waals surface area contributed by atoms with Crippen LogP contribution in [0.15, 0.2) is 0 Å². The van der Waals surface area contributed by atoms with Gasteiger partial charge in [-0.3, -0.25) is 29.0 Å². The Hall–Kier alpha value is -1.02. The Morgan fingerprint density at radius 3 is 1.50 bits per heavy atom. The van der Waals surface area contributed by atoms with Gasteiger partial charge in [0.05, 0.1) is 0 Å². The van der Waals surface area contributed by atoms with E-state index in [0.717, 1.165) is 33.3 Å². The van der Waals surface area contributed by atoms with E-state index < -0.39 is 0 Å². The molecule has 6 nitrogen and oxygen atoms in total. The Kier molecular flexibility index (Phi) is 4.28. The summed E-state index contributed by atoms with van der Waals surface area (Å²) in [5.41, 5.74) is 0. The minimum Gasteiger partial charge on any atom is -0.274 e. The highest BCUT2D eigenvalue weighted by Gasteiger charge is 2.30. The molecule has 98 valence electrons. The molecule has 2 aliphatic heterocycles. The lowest BCUT2D eigenvalue weighted by atomic mass is 10.3. The molecular formula is C10H12N2O4S2. The van der Waals surface area contributed by atoms with Gasteiger partial charge < -0.3 is 0 Å². The maximum atomic E-state index is 11.5. The smallest absolute Gasteiger partial charge is 0.274 e. The monoisotopic (exact) mass is 288 g/mol. The number of carbonyl (C=O) groups is 4. The van der Waals surface area contributed by atoms with Crippen LogP contribution in [-0.2, 0) is 9.59 Å². The molecule has 0 spiro atoms. The predicted octanol–water partition coefficient (Wildman–Crippen LogP) is 1.16. The fourth-order valence-corrected chi connectivity index (χ4v) is 3.31. The van der Waals surface area contributed by atoms with Crippen LogP contribution < -0.4 is 0 Å². The van der Waals surface area contributed by atoms with E-state index in [1.54, 1.807) is 0 Å². The van der Waals surface area contributed by atoms with E-state index in [1.807, 2.05) is 0 Å². The average Bonchev–Trinajstić information content (AvgIpc) is 2.31. The van der Waals surface area contributed by atoms with Crippen molar-refractivity contribution in [1.29, 1.82) is 0 Å². The van der Waals surface area contributed by atoms with Gasteiger partial charge in [0, 0.05) is 37.4 Å². The van der Waals surface area contributed by atoms with Crippen LogP contribution in [0.2, 0.25) is 0 Å². The second-order valence-electron chi connectivity index (χ2n) is 3.82. The predicted molar refractivity (Wildman–Crippen MR) is 68.4 cm³/mol. The molecule has 0 N–H and O–H groups in total. The fraction of sp³-hybridized carbons (Fsp3) is 0.600. The van der Waals surface area contributed by atoms with Crippen LogP contribution >= 0.6 is 23.5 Å². The van der Waals surface area contributed by atoms with E-state index >= 15 is 0 Å². The molecule has 0 bridgehead atoms. The van der Waals surface area contributed by atoms with Crippen molar-refractivity contribution in [3.63, 3.8) is 0 Å². The van der Waals surface area contributed by atoms with Gasteiger partial charge in [-0.25, -0.2) is 0 Å². The van der Waals surface area contributed by atoms with E-state index in [-0.39, 0.29) is 35.4 Å². The van der Waals surface area contributed by atoms with Crippen LogP contribution in [0.1, 0.15) is 12.8 Å². The molecule has 2 heterocycles. The first-order chi connectivity index (χ1) is 8.59. The highest BCUT2D eigenvalue weighted by molar-refractivity contribution is 8.13. The molecule has 0 radical (unpaired) electrons. The van der Waals surface area contributed by atoms with Gasteiger partial charge in [0.2, 0.25) is 11.8 Å². The van der Waals surface area contributed by atoms with Crippen molar-refractivity contribution in [3.8, 4) is 0 Å². The Bertz CT molecular complexity index is 343. The first kappa shape index (κ1) is 13.4. The zero-order valence-corrected chi connectivity index (χ0v) is 11.2. The molecule has 18 heavy (non-hydrogen) atoms. The molecule has 0 atom stereocenters. The summed E-state index contributed by atoms with van der Waals surface area (Å²) in [6.45, 7) is 0.200. The Balaban J connectivity index is 1.93. The molecule has 0 unspecified atom stereocenters. The summed E-state index contributed by atoms with van der Waals surface area (Å²) in [5, 5.41) is -0.591. The van der Waals surface area contributed by atoms with Crippen molar-refractivity contribution in [1.82, 2.24) is 9.80 Å². The molecule has 2 fully saturated rings. The van der Waals surface area contributed by atoms with Crippen LogP contribution in [0.4, 0.5) is 9.59 Å². The second kappa shape index (κ2) is 5.75. The topological polar surface area (TPSA) is 74.8 Å². The van der Waals surface area contributed by atoms with Gasteiger partial charge in [-0.15, -0.1) is 0 Å². The van der Waals surface area contributed by atoms with Gasteiger partial charge in [-0.2, -0.15) is 0 Å². The van der Waals surface area contributed by atoms with Crippen molar-refractivity contribution in [2.24, 2.45) is 0 Å². The number of hydrogen-bond donors (Lipinski definition) is 0. The van der Waals surface area contributed by atoms with Crippen LogP contribution in [-0.4, -0.2) is 56.7 Å². The lowest BCUT2D eigenvalue weighted by Crippen LogP contribution is -2.46. The van der Waals surface area contributed by atoms with Crippen molar-refractivity contribution in [2.75, 3.05) is 24.6 Å². The summed E-state index contributed by atoms with van der Waals surface area (Å²) in [5.74, 6) is 0.545. The molecule has 0 aliphatic carbocycles. The molecular weight excluding hydrogens is 276 g/mol. The molecule has 0 aromatic rings. The fourth-order valence-electron chi connectivity index (χ4n) is 1.71. The lowest BCUT2D eigenvalue weighted by Gasteiger charge is -2.28. The number of thioether (sulfide) groups is 2. The molecule has 0 saturated carbocycles. The van der Waals surface area contributed by atoms with Crippen molar-refractivity contribution >= 4 is 45.8 Å². The van der Waals surface area contributed by atoms with Crippen LogP contribution in [0, 0.1) is 0 Å². The third-order valence-electron chi connectivity index (χ3n) is 2.67. The minimum absolute atomic E-state index is 0.0999. The maximum absolute atomic E-state index is 11.5. The first-order valence-electron chi connectivity index (χ1n) is 5.54.